The third-order valence-corrected chi connectivity index (χ3v) is 8.01. The molecule has 0 aromatic heterocycles. The summed E-state index contributed by atoms with van der Waals surface area (Å²) in [6.45, 7) is 1.60. The second-order valence-corrected chi connectivity index (χ2v) is 10.1. The molecule has 5 amide bonds. The second-order valence-electron chi connectivity index (χ2n) is 10.1. The van der Waals surface area contributed by atoms with Gasteiger partial charge in [-0.25, -0.2) is 0 Å². The number of carbonyl (C=O) groups is 5. The topological polar surface area (TPSA) is 104 Å². The standard InChI is InChI=1S/C26H31N3O5/c30-21-11-10-20(23(31)27-21)29-25(33)19-7-3-6-17(22(19)26(29)34)9-8-16-12-14-28(15-13-16)24(32)18-4-1-2-5-18/h3,6-7,16,18,20H,1-2,4-5,8-15H2,(H,27,30,31). The fraction of sp³-hybridized carbons (Fsp3) is 0.577. The van der Waals surface area contributed by atoms with Crippen LogP contribution in [0.15, 0.2) is 18.2 Å². The average Bonchev–Trinajstić information content (AvgIpc) is 3.46. The number of hydrogen-bond donors (Lipinski definition) is 1. The number of piperidine rings is 2. The molecular formula is C26H31N3O5. The van der Waals surface area contributed by atoms with Gasteiger partial charge in [0, 0.05) is 25.4 Å². The van der Waals surface area contributed by atoms with E-state index in [-0.39, 0.29) is 24.7 Å². The van der Waals surface area contributed by atoms with Gasteiger partial charge in [-0.15, -0.1) is 0 Å². The predicted octanol–water partition coefficient (Wildman–Crippen LogP) is 2.45. The highest BCUT2D eigenvalue weighted by molar-refractivity contribution is 6.24. The van der Waals surface area contributed by atoms with E-state index in [9.17, 15) is 24.0 Å². The van der Waals surface area contributed by atoms with Gasteiger partial charge in [-0.3, -0.25) is 34.2 Å². The number of rotatable bonds is 5. The highest BCUT2D eigenvalue weighted by Gasteiger charge is 2.45. The van der Waals surface area contributed by atoms with Crippen molar-refractivity contribution in [1.82, 2.24) is 15.1 Å². The molecule has 34 heavy (non-hydrogen) atoms. The number of fused-ring (bicyclic) bond motifs is 1. The van der Waals surface area contributed by atoms with Crippen molar-refractivity contribution in [1.29, 1.82) is 0 Å². The van der Waals surface area contributed by atoms with E-state index in [0.29, 0.717) is 29.4 Å². The van der Waals surface area contributed by atoms with Gasteiger partial charge in [-0.2, -0.15) is 0 Å². The Hall–Kier alpha value is -3.03. The lowest BCUT2D eigenvalue weighted by Crippen LogP contribution is -2.54. The monoisotopic (exact) mass is 465 g/mol. The van der Waals surface area contributed by atoms with Crippen molar-refractivity contribution in [2.75, 3.05) is 13.1 Å². The average molecular weight is 466 g/mol. The van der Waals surface area contributed by atoms with Gasteiger partial charge in [-0.1, -0.05) is 25.0 Å². The van der Waals surface area contributed by atoms with Gasteiger partial charge in [0.1, 0.15) is 6.04 Å². The first kappa shape index (κ1) is 22.7. The van der Waals surface area contributed by atoms with Crippen LogP contribution in [-0.4, -0.2) is 58.5 Å². The van der Waals surface area contributed by atoms with Crippen LogP contribution in [0.1, 0.15) is 84.1 Å². The van der Waals surface area contributed by atoms with E-state index in [4.69, 9.17) is 0 Å². The molecule has 0 spiro atoms. The van der Waals surface area contributed by atoms with Crippen LogP contribution in [-0.2, 0) is 20.8 Å². The molecule has 3 heterocycles. The van der Waals surface area contributed by atoms with Crippen molar-refractivity contribution in [2.45, 2.75) is 70.3 Å². The molecule has 4 aliphatic rings. The molecule has 1 aliphatic carbocycles. The van der Waals surface area contributed by atoms with Crippen LogP contribution in [0.2, 0.25) is 0 Å². The van der Waals surface area contributed by atoms with E-state index >= 15 is 0 Å². The van der Waals surface area contributed by atoms with Crippen molar-refractivity contribution in [3.05, 3.63) is 34.9 Å². The van der Waals surface area contributed by atoms with Crippen LogP contribution in [0.3, 0.4) is 0 Å². The number of benzene rings is 1. The molecule has 1 aromatic rings. The lowest BCUT2D eigenvalue weighted by molar-refractivity contribution is -0.137. The molecule has 8 nitrogen and oxygen atoms in total. The molecule has 0 radical (unpaired) electrons. The molecular weight excluding hydrogens is 434 g/mol. The lowest BCUT2D eigenvalue weighted by Gasteiger charge is -2.33. The van der Waals surface area contributed by atoms with E-state index in [1.165, 1.54) is 0 Å². The summed E-state index contributed by atoms with van der Waals surface area (Å²) in [7, 11) is 0. The third-order valence-electron chi connectivity index (χ3n) is 8.01. The maximum absolute atomic E-state index is 13.2. The molecule has 3 aliphatic heterocycles. The quantitative estimate of drug-likeness (QED) is 0.673. The maximum atomic E-state index is 13.2. The number of nitrogens with one attached hydrogen (secondary N) is 1. The van der Waals surface area contributed by atoms with E-state index in [1.807, 2.05) is 11.0 Å². The number of aryl methyl sites for hydroxylation is 1. The van der Waals surface area contributed by atoms with Gasteiger partial charge in [-0.05, 0) is 62.5 Å². The SMILES string of the molecule is O=C1CCC(N2C(=O)c3cccc(CCC4CCN(C(=O)C5CCCC5)CC4)c3C2=O)C(=O)N1. The minimum Gasteiger partial charge on any atom is -0.342 e. The van der Waals surface area contributed by atoms with Gasteiger partial charge in [0.25, 0.3) is 11.8 Å². The van der Waals surface area contributed by atoms with Crippen molar-refractivity contribution in [2.24, 2.45) is 11.8 Å². The summed E-state index contributed by atoms with van der Waals surface area (Å²) in [5.41, 5.74) is 1.56. The molecule has 0 bridgehead atoms. The third kappa shape index (κ3) is 4.14. The van der Waals surface area contributed by atoms with Crippen molar-refractivity contribution >= 4 is 29.5 Å². The summed E-state index contributed by atoms with van der Waals surface area (Å²) in [6.07, 6.45) is 8.13. The van der Waals surface area contributed by atoms with Gasteiger partial charge < -0.3 is 4.90 Å². The Morgan fingerprint density at radius 2 is 1.68 bits per heavy atom. The van der Waals surface area contributed by atoms with Crippen LogP contribution < -0.4 is 5.32 Å². The summed E-state index contributed by atoms with van der Waals surface area (Å²) in [5, 5.41) is 2.23. The fourth-order valence-electron chi connectivity index (χ4n) is 6.03. The summed E-state index contributed by atoms with van der Waals surface area (Å²) < 4.78 is 0. The molecule has 1 unspecified atom stereocenters. The highest BCUT2D eigenvalue weighted by atomic mass is 16.2. The molecule has 180 valence electrons. The zero-order valence-corrected chi connectivity index (χ0v) is 19.4. The van der Waals surface area contributed by atoms with E-state index < -0.39 is 23.8 Å². The first-order chi connectivity index (χ1) is 16.4. The summed E-state index contributed by atoms with van der Waals surface area (Å²) in [4.78, 5) is 65.8. The minimum atomic E-state index is -0.945. The number of imide groups is 2. The predicted molar refractivity (Wildman–Crippen MR) is 123 cm³/mol. The molecule has 3 fully saturated rings. The molecule has 8 heteroatoms. The first-order valence-electron chi connectivity index (χ1n) is 12.6. The maximum Gasteiger partial charge on any atom is 0.262 e. The molecule has 1 aromatic carbocycles. The number of nitrogens with zero attached hydrogens (tertiary/aromatic N) is 2. The van der Waals surface area contributed by atoms with Crippen LogP contribution in [0.5, 0.6) is 0 Å². The minimum absolute atomic E-state index is 0.110. The number of carbonyl (C=O) groups excluding carboxylic acids is 5. The Bertz CT molecular complexity index is 1040. The molecule has 1 saturated carbocycles. The lowest BCUT2D eigenvalue weighted by atomic mass is 9.88. The number of hydrogen-bond acceptors (Lipinski definition) is 5. The molecule has 1 atom stereocenters. The van der Waals surface area contributed by atoms with E-state index in [2.05, 4.69) is 5.32 Å². The van der Waals surface area contributed by atoms with E-state index in [0.717, 1.165) is 68.5 Å². The fourth-order valence-corrected chi connectivity index (χ4v) is 6.03. The first-order valence-corrected chi connectivity index (χ1v) is 12.6. The van der Waals surface area contributed by atoms with Crippen LogP contribution >= 0.6 is 0 Å². The Balaban J connectivity index is 1.22. The number of likely N-dealkylation sites (tertiary alicyclic amines) is 1. The van der Waals surface area contributed by atoms with Crippen LogP contribution in [0, 0.1) is 11.8 Å². The smallest absolute Gasteiger partial charge is 0.262 e. The van der Waals surface area contributed by atoms with Crippen molar-refractivity contribution in [3.8, 4) is 0 Å². The Morgan fingerprint density at radius 1 is 0.941 bits per heavy atom. The Morgan fingerprint density at radius 3 is 2.38 bits per heavy atom. The Kier molecular flexibility index (Phi) is 6.23. The van der Waals surface area contributed by atoms with Gasteiger partial charge in [0.05, 0.1) is 11.1 Å². The Labute approximate surface area is 199 Å². The zero-order valence-electron chi connectivity index (χ0n) is 19.4. The zero-order chi connectivity index (χ0) is 23.8. The summed E-state index contributed by atoms with van der Waals surface area (Å²) >= 11 is 0. The number of amides is 5. The van der Waals surface area contributed by atoms with E-state index in [1.54, 1.807) is 12.1 Å². The molecule has 2 saturated heterocycles. The largest absolute Gasteiger partial charge is 0.342 e. The van der Waals surface area contributed by atoms with Gasteiger partial charge >= 0.3 is 0 Å². The van der Waals surface area contributed by atoms with Gasteiger partial charge in [0.15, 0.2) is 0 Å². The normalized spacial score (nSPS) is 24.1. The van der Waals surface area contributed by atoms with Gasteiger partial charge in [0.2, 0.25) is 17.7 Å². The summed E-state index contributed by atoms with van der Waals surface area (Å²) in [6, 6.07) is 4.37. The molecule has 1 N–H and O–H groups in total. The highest BCUT2D eigenvalue weighted by Crippen LogP contribution is 2.33. The second kappa shape index (κ2) is 9.31. The van der Waals surface area contributed by atoms with Crippen molar-refractivity contribution in [3.63, 3.8) is 0 Å². The molecule has 5 rings (SSSR count). The summed E-state index contributed by atoms with van der Waals surface area (Å²) in [5.74, 6) is -0.853. The van der Waals surface area contributed by atoms with Crippen LogP contribution in [0.4, 0.5) is 0 Å². The van der Waals surface area contributed by atoms with Crippen molar-refractivity contribution < 1.29 is 24.0 Å². The van der Waals surface area contributed by atoms with Crippen LogP contribution in [0.25, 0.3) is 0 Å².